The molecule has 1 rings (SSSR count). The molecule has 0 atom stereocenters. The Morgan fingerprint density at radius 2 is 2.29 bits per heavy atom. The largest absolute Gasteiger partial charge is 0.383 e. The second kappa shape index (κ2) is 7.88. The summed E-state index contributed by atoms with van der Waals surface area (Å²) in [6, 6.07) is 5.90. The van der Waals surface area contributed by atoms with Gasteiger partial charge in [-0.1, -0.05) is 45.2 Å². The topological polar surface area (TPSA) is 21.3 Å². The van der Waals surface area contributed by atoms with Crippen LogP contribution in [0.1, 0.15) is 12.5 Å². The summed E-state index contributed by atoms with van der Waals surface area (Å²) in [5.74, 6) is 0. The van der Waals surface area contributed by atoms with Crippen molar-refractivity contribution >= 4 is 33.6 Å². The number of hydrogen-bond acceptors (Lipinski definition) is 2. The molecule has 0 saturated heterocycles. The average molecular weight is 319 g/mol. The lowest BCUT2D eigenvalue weighted by atomic mass is 10.1. The summed E-state index contributed by atoms with van der Waals surface area (Å²) in [4.78, 5) is 0. The third-order valence-corrected chi connectivity index (χ3v) is 3.07. The third kappa shape index (κ3) is 5.68. The number of ether oxygens (including phenoxy) is 1. The van der Waals surface area contributed by atoms with Gasteiger partial charge in [0.05, 0.1) is 6.61 Å². The first-order chi connectivity index (χ1) is 8.13. The smallest absolute Gasteiger partial charge is 0.0587 e. The van der Waals surface area contributed by atoms with Gasteiger partial charge in [0, 0.05) is 29.7 Å². The van der Waals surface area contributed by atoms with Crippen LogP contribution in [0.15, 0.2) is 28.2 Å². The van der Waals surface area contributed by atoms with E-state index in [4.69, 9.17) is 16.3 Å². The fraction of sp³-hybridized carbons (Fsp3) is 0.385. The molecule has 0 aliphatic heterocycles. The van der Waals surface area contributed by atoms with E-state index in [1.165, 1.54) is 5.57 Å². The molecule has 0 bridgehead atoms. The SMILES string of the molecule is COCCNC/C(C)=C/c1ccc(Br)cc1Cl. The molecule has 0 spiro atoms. The summed E-state index contributed by atoms with van der Waals surface area (Å²) in [7, 11) is 1.70. The van der Waals surface area contributed by atoms with E-state index in [0.29, 0.717) is 0 Å². The molecule has 0 radical (unpaired) electrons. The van der Waals surface area contributed by atoms with Crippen LogP contribution in [0.25, 0.3) is 6.08 Å². The molecule has 0 heterocycles. The molecule has 4 heteroatoms. The zero-order valence-electron chi connectivity index (χ0n) is 10.1. The van der Waals surface area contributed by atoms with Crippen LogP contribution in [0, 0.1) is 0 Å². The first kappa shape index (κ1) is 14.7. The number of halogens is 2. The summed E-state index contributed by atoms with van der Waals surface area (Å²) in [5, 5.41) is 4.05. The van der Waals surface area contributed by atoms with Crippen LogP contribution in [-0.2, 0) is 4.74 Å². The van der Waals surface area contributed by atoms with Gasteiger partial charge in [0.25, 0.3) is 0 Å². The summed E-state index contributed by atoms with van der Waals surface area (Å²) in [6.07, 6.45) is 2.09. The Labute approximate surface area is 116 Å². The highest BCUT2D eigenvalue weighted by atomic mass is 79.9. The number of methoxy groups -OCH3 is 1. The number of hydrogen-bond donors (Lipinski definition) is 1. The molecule has 1 aromatic carbocycles. The normalized spacial score (nSPS) is 11.9. The van der Waals surface area contributed by atoms with E-state index in [1.807, 2.05) is 18.2 Å². The van der Waals surface area contributed by atoms with Crippen LogP contribution in [0.3, 0.4) is 0 Å². The fourth-order valence-electron chi connectivity index (χ4n) is 1.39. The van der Waals surface area contributed by atoms with Gasteiger partial charge in [-0.25, -0.2) is 0 Å². The zero-order valence-corrected chi connectivity index (χ0v) is 12.4. The van der Waals surface area contributed by atoms with Gasteiger partial charge in [-0.2, -0.15) is 0 Å². The molecule has 0 aliphatic carbocycles. The highest BCUT2D eigenvalue weighted by Gasteiger charge is 1.99. The van der Waals surface area contributed by atoms with Crippen molar-refractivity contribution < 1.29 is 4.74 Å². The molecule has 1 aromatic rings. The predicted molar refractivity (Wildman–Crippen MR) is 77.5 cm³/mol. The second-order valence-corrected chi connectivity index (χ2v) is 5.15. The molecular weight excluding hydrogens is 302 g/mol. The van der Waals surface area contributed by atoms with Crippen LogP contribution in [0.4, 0.5) is 0 Å². The maximum absolute atomic E-state index is 6.14. The molecule has 0 saturated carbocycles. The molecule has 1 N–H and O–H groups in total. The van der Waals surface area contributed by atoms with E-state index < -0.39 is 0 Å². The van der Waals surface area contributed by atoms with E-state index in [1.54, 1.807) is 7.11 Å². The van der Waals surface area contributed by atoms with Gasteiger partial charge < -0.3 is 10.1 Å². The zero-order chi connectivity index (χ0) is 12.7. The fourth-order valence-corrected chi connectivity index (χ4v) is 2.12. The molecule has 0 amide bonds. The van der Waals surface area contributed by atoms with E-state index in [2.05, 4.69) is 34.2 Å². The van der Waals surface area contributed by atoms with Crippen LogP contribution >= 0.6 is 27.5 Å². The second-order valence-electron chi connectivity index (χ2n) is 3.83. The van der Waals surface area contributed by atoms with Gasteiger partial charge in [-0.05, 0) is 24.6 Å². The van der Waals surface area contributed by atoms with Crippen molar-refractivity contribution in [2.45, 2.75) is 6.92 Å². The lowest BCUT2D eigenvalue weighted by Crippen LogP contribution is -2.20. The Bertz CT molecular complexity index is 393. The van der Waals surface area contributed by atoms with Gasteiger partial charge in [-0.15, -0.1) is 0 Å². The Kier molecular flexibility index (Phi) is 6.82. The molecule has 0 aromatic heterocycles. The molecule has 0 unspecified atom stereocenters. The van der Waals surface area contributed by atoms with Crippen molar-refractivity contribution in [1.29, 1.82) is 0 Å². The number of nitrogens with one attached hydrogen (secondary N) is 1. The molecule has 0 aliphatic rings. The van der Waals surface area contributed by atoms with E-state index in [0.717, 1.165) is 34.8 Å². The van der Waals surface area contributed by atoms with Crippen molar-refractivity contribution in [3.63, 3.8) is 0 Å². The highest BCUT2D eigenvalue weighted by Crippen LogP contribution is 2.23. The Morgan fingerprint density at radius 3 is 2.94 bits per heavy atom. The summed E-state index contributed by atoms with van der Waals surface area (Å²) >= 11 is 9.53. The van der Waals surface area contributed by atoms with Gasteiger partial charge >= 0.3 is 0 Å². The molecule has 94 valence electrons. The summed E-state index contributed by atoms with van der Waals surface area (Å²) < 4.78 is 5.96. The number of rotatable bonds is 6. The molecular formula is C13H17BrClNO. The highest BCUT2D eigenvalue weighted by molar-refractivity contribution is 9.10. The van der Waals surface area contributed by atoms with Crippen LogP contribution < -0.4 is 5.32 Å². The van der Waals surface area contributed by atoms with E-state index in [9.17, 15) is 0 Å². The van der Waals surface area contributed by atoms with Crippen molar-refractivity contribution in [3.05, 3.63) is 38.8 Å². The van der Waals surface area contributed by atoms with E-state index in [-0.39, 0.29) is 0 Å². The van der Waals surface area contributed by atoms with Gasteiger partial charge in [-0.3, -0.25) is 0 Å². The molecule has 0 fully saturated rings. The standard InChI is InChI=1S/C13H17BrClNO/c1-10(9-16-5-6-17-2)7-11-3-4-12(14)8-13(11)15/h3-4,7-8,16H,5-6,9H2,1-2H3/b10-7+. The maximum Gasteiger partial charge on any atom is 0.0587 e. The first-order valence-corrected chi connectivity index (χ1v) is 6.62. The molecule has 2 nitrogen and oxygen atoms in total. The van der Waals surface area contributed by atoms with E-state index >= 15 is 0 Å². The van der Waals surface area contributed by atoms with Crippen molar-refractivity contribution in [1.82, 2.24) is 5.32 Å². The lowest BCUT2D eigenvalue weighted by Gasteiger charge is -2.05. The average Bonchev–Trinajstić information content (AvgIpc) is 2.28. The lowest BCUT2D eigenvalue weighted by molar-refractivity contribution is 0.200. The number of benzene rings is 1. The third-order valence-electron chi connectivity index (χ3n) is 2.25. The predicted octanol–water partition coefficient (Wildman–Crippen LogP) is 3.74. The van der Waals surface area contributed by atoms with Crippen molar-refractivity contribution in [3.8, 4) is 0 Å². The van der Waals surface area contributed by atoms with Crippen LogP contribution in [-0.4, -0.2) is 26.8 Å². The summed E-state index contributed by atoms with van der Waals surface area (Å²) in [5.41, 5.74) is 2.28. The Morgan fingerprint density at radius 1 is 1.53 bits per heavy atom. The Hall–Kier alpha value is -0.350. The quantitative estimate of drug-likeness (QED) is 0.807. The minimum Gasteiger partial charge on any atom is -0.383 e. The minimum absolute atomic E-state index is 0.728. The van der Waals surface area contributed by atoms with Crippen molar-refractivity contribution in [2.24, 2.45) is 0 Å². The maximum atomic E-state index is 6.14. The summed E-state index contributed by atoms with van der Waals surface area (Å²) in [6.45, 7) is 4.51. The molecule has 17 heavy (non-hydrogen) atoms. The Balaban J connectivity index is 2.55. The van der Waals surface area contributed by atoms with Gasteiger partial charge in [0.2, 0.25) is 0 Å². The van der Waals surface area contributed by atoms with Gasteiger partial charge in [0.15, 0.2) is 0 Å². The van der Waals surface area contributed by atoms with Crippen LogP contribution in [0.5, 0.6) is 0 Å². The first-order valence-electron chi connectivity index (χ1n) is 5.45. The van der Waals surface area contributed by atoms with Crippen LogP contribution in [0.2, 0.25) is 5.02 Å². The monoisotopic (exact) mass is 317 g/mol. The minimum atomic E-state index is 0.728. The van der Waals surface area contributed by atoms with Crippen molar-refractivity contribution in [2.75, 3.05) is 26.8 Å². The van der Waals surface area contributed by atoms with Gasteiger partial charge in [0.1, 0.15) is 0 Å².